The van der Waals surface area contributed by atoms with Crippen LogP contribution in [0.3, 0.4) is 0 Å². The highest BCUT2D eigenvalue weighted by Crippen LogP contribution is 2.34. The van der Waals surface area contributed by atoms with E-state index in [9.17, 15) is 9.59 Å². The Balaban J connectivity index is 1.61. The lowest BCUT2D eigenvalue weighted by Crippen LogP contribution is -2.46. The van der Waals surface area contributed by atoms with E-state index in [4.69, 9.17) is 0 Å². The van der Waals surface area contributed by atoms with Crippen LogP contribution in [0, 0.1) is 0 Å². The molecule has 0 saturated carbocycles. The van der Waals surface area contributed by atoms with Gasteiger partial charge in [0.15, 0.2) is 0 Å². The minimum Gasteiger partial charge on any atom is -0.360 e. The van der Waals surface area contributed by atoms with Gasteiger partial charge in [0.1, 0.15) is 6.17 Å². The van der Waals surface area contributed by atoms with E-state index in [2.05, 4.69) is 10.6 Å². The Morgan fingerprint density at radius 2 is 2.00 bits per heavy atom. The van der Waals surface area contributed by atoms with E-state index in [1.165, 1.54) is 0 Å². The number of rotatable bonds is 4. The number of hydrogen-bond acceptors (Lipinski definition) is 4. The third kappa shape index (κ3) is 2.60. The monoisotopic (exact) mass is 342 g/mol. The topological polar surface area (TPSA) is 64.7 Å². The second kappa shape index (κ2) is 6.16. The number of carbonyl (C=O) groups is 2. The zero-order valence-electron chi connectivity index (χ0n) is 13.1. The molecule has 0 bridgehead atoms. The molecule has 2 aliphatic heterocycles. The number of benzene rings is 1. The van der Waals surface area contributed by atoms with Gasteiger partial charge in [0, 0.05) is 36.7 Å². The summed E-state index contributed by atoms with van der Waals surface area (Å²) >= 11 is 1.62. The van der Waals surface area contributed by atoms with Crippen molar-refractivity contribution >= 4 is 29.0 Å². The maximum absolute atomic E-state index is 13.0. The average molecular weight is 342 g/mol. The number of anilines is 1. The fourth-order valence-electron chi connectivity index (χ4n) is 3.15. The molecule has 2 aliphatic rings. The summed E-state index contributed by atoms with van der Waals surface area (Å²) in [5.41, 5.74) is 1.53. The number of amides is 3. The summed E-state index contributed by atoms with van der Waals surface area (Å²) in [4.78, 5) is 29.4. The van der Waals surface area contributed by atoms with Crippen LogP contribution in [0.5, 0.6) is 0 Å². The van der Waals surface area contributed by atoms with Crippen LogP contribution in [-0.4, -0.2) is 47.9 Å². The first-order valence-corrected chi connectivity index (χ1v) is 8.85. The molecule has 0 radical (unpaired) electrons. The second-order valence-corrected chi connectivity index (χ2v) is 6.80. The van der Waals surface area contributed by atoms with Crippen LogP contribution in [0.25, 0.3) is 0 Å². The first-order chi connectivity index (χ1) is 11.7. The van der Waals surface area contributed by atoms with Crippen LogP contribution in [0.2, 0.25) is 0 Å². The summed E-state index contributed by atoms with van der Waals surface area (Å²) in [6.07, 6.45) is -0.196. The Morgan fingerprint density at radius 1 is 1.12 bits per heavy atom. The molecule has 1 saturated heterocycles. The van der Waals surface area contributed by atoms with E-state index in [0.717, 1.165) is 10.6 Å². The third-order valence-corrected chi connectivity index (χ3v) is 5.32. The van der Waals surface area contributed by atoms with E-state index in [0.29, 0.717) is 31.7 Å². The first kappa shape index (κ1) is 15.0. The van der Waals surface area contributed by atoms with Crippen LogP contribution in [0.1, 0.15) is 21.4 Å². The van der Waals surface area contributed by atoms with Gasteiger partial charge in [0.05, 0.1) is 5.56 Å². The predicted molar refractivity (Wildman–Crippen MR) is 93.1 cm³/mol. The molecule has 0 unspecified atom stereocenters. The molecule has 0 aliphatic carbocycles. The van der Waals surface area contributed by atoms with Crippen LogP contribution in [0.15, 0.2) is 41.8 Å². The van der Waals surface area contributed by atoms with Gasteiger partial charge in [0.25, 0.3) is 5.91 Å². The molecule has 1 atom stereocenters. The van der Waals surface area contributed by atoms with Crippen molar-refractivity contribution in [3.8, 4) is 0 Å². The molecule has 1 aromatic heterocycles. The van der Waals surface area contributed by atoms with Gasteiger partial charge in [0.2, 0.25) is 0 Å². The van der Waals surface area contributed by atoms with Crippen molar-refractivity contribution in [2.75, 3.05) is 31.5 Å². The molecule has 1 fully saturated rings. The highest BCUT2D eigenvalue weighted by Gasteiger charge is 2.34. The maximum Gasteiger partial charge on any atom is 0.317 e. The third-order valence-electron chi connectivity index (χ3n) is 4.39. The summed E-state index contributed by atoms with van der Waals surface area (Å²) in [6, 6.07) is 11.5. The number of fused-ring (bicyclic) bond motifs is 1. The minimum atomic E-state index is -0.196. The quantitative estimate of drug-likeness (QED) is 0.896. The Labute approximate surface area is 144 Å². The Kier molecular flexibility index (Phi) is 3.86. The van der Waals surface area contributed by atoms with Crippen molar-refractivity contribution < 1.29 is 9.59 Å². The SMILES string of the molecule is O=C1NCCN1CCN1C(=O)c2ccccc2N[C@@H]1c1cccs1. The van der Waals surface area contributed by atoms with Crippen molar-refractivity contribution in [3.05, 3.63) is 52.2 Å². The molecule has 2 N–H and O–H groups in total. The second-order valence-electron chi connectivity index (χ2n) is 5.83. The van der Waals surface area contributed by atoms with Gasteiger partial charge >= 0.3 is 6.03 Å². The van der Waals surface area contributed by atoms with E-state index in [1.54, 1.807) is 16.2 Å². The zero-order chi connectivity index (χ0) is 16.5. The number of nitrogens with one attached hydrogen (secondary N) is 2. The summed E-state index contributed by atoms with van der Waals surface area (Å²) in [6.45, 7) is 2.39. The van der Waals surface area contributed by atoms with E-state index in [-0.39, 0.29) is 18.1 Å². The number of hydrogen-bond donors (Lipinski definition) is 2. The molecule has 2 aromatic rings. The van der Waals surface area contributed by atoms with Crippen molar-refractivity contribution in [3.63, 3.8) is 0 Å². The molecule has 0 spiro atoms. The molecule has 124 valence electrons. The molecule has 3 amide bonds. The number of carbonyl (C=O) groups excluding carboxylic acids is 2. The Morgan fingerprint density at radius 3 is 2.75 bits per heavy atom. The van der Waals surface area contributed by atoms with Gasteiger partial charge in [-0.2, -0.15) is 0 Å². The van der Waals surface area contributed by atoms with Crippen molar-refractivity contribution in [1.82, 2.24) is 15.1 Å². The standard InChI is InChI=1S/C17H18N4O2S/c22-16-12-4-1-2-5-13(12)19-15(14-6-3-11-24-14)21(16)10-9-20-8-7-18-17(20)23/h1-6,11,15,19H,7-10H2,(H,18,23)/t15-/m0/s1. The molecule has 6 nitrogen and oxygen atoms in total. The van der Waals surface area contributed by atoms with Gasteiger partial charge in [-0.05, 0) is 23.6 Å². The molecule has 7 heteroatoms. The Bertz CT molecular complexity index is 762. The van der Waals surface area contributed by atoms with Gasteiger partial charge in [-0.15, -0.1) is 11.3 Å². The molecule has 3 heterocycles. The summed E-state index contributed by atoms with van der Waals surface area (Å²) in [5, 5.41) is 8.26. The molecular formula is C17H18N4O2S. The lowest BCUT2D eigenvalue weighted by atomic mass is 10.1. The van der Waals surface area contributed by atoms with E-state index >= 15 is 0 Å². The number of thiophene rings is 1. The summed E-state index contributed by atoms with van der Waals surface area (Å²) in [5.74, 6) is 0.00218. The highest BCUT2D eigenvalue weighted by molar-refractivity contribution is 7.10. The van der Waals surface area contributed by atoms with Gasteiger partial charge in [-0.3, -0.25) is 4.79 Å². The maximum atomic E-state index is 13.0. The largest absolute Gasteiger partial charge is 0.360 e. The predicted octanol–water partition coefficient (Wildman–Crippen LogP) is 2.34. The normalized spacial score (nSPS) is 19.9. The fraction of sp³-hybridized carbons (Fsp3) is 0.294. The number of para-hydroxylation sites is 1. The highest BCUT2D eigenvalue weighted by atomic mass is 32.1. The number of nitrogens with zero attached hydrogens (tertiary/aromatic N) is 2. The first-order valence-electron chi connectivity index (χ1n) is 7.97. The van der Waals surface area contributed by atoms with Crippen LogP contribution < -0.4 is 10.6 Å². The van der Waals surface area contributed by atoms with Crippen molar-refractivity contribution in [1.29, 1.82) is 0 Å². The molecular weight excluding hydrogens is 324 g/mol. The molecule has 4 rings (SSSR count). The fourth-order valence-corrected chi connectivity index (χ4v) is 3.93. The Hall–Kier alpha value is -2.54. The molecule has 1 aromatic carbocycles. The van der Waals surface area contributed by atoms with Crippen molar-refractivity contribution in [2.45, 2.75) is 6.17 Å². The van der Waals surface area contributed by atoms with Crippen LogP contribution >= 0.6 is 11.3 Å². The van der Waals surface area contributed by atoms with Crippen LogP contribution in [-0.2, 0) is 0 Å². The summed E-state index contributed by atoms with van der Waals surface area (Å²) in [7, 11) is 0. The minimum absolute atomic E-state index is 0.00218. The number of urea groups is 1. The van der Waals surface area contributed by atoms with E-state index < -0.39 is 0 Å². The van der Waals surface area contributed by atoms with Crippen molar-refractivity contribution in [2.24, 2.45) is 0 Å². The van der Waals surface area contributed by atoms with Gasteiger partial charge < -0.3 is 20.4 Å². The van der Waals surface area contributed by atoms with E-state index in [1.807, 2.05) is 46.7 Å². The summed E-state index contributed by atoms with van der Waals surface area (Å²) < 4.78 is 0. The van der Waals surface area contributed by atoms with Gasteiger partial charge in [-0.25, -0.2) is 4.79 Å². The molecule has 24 heavy (non-hydrogen) atoms. The zero-order valence-corrected chi connectivity index (χ0v) is 13.9. The lowest BCUT2D eigenvalue weighted by molar-refractivity contribution is 0.0671. The average Bonchev–Trinajstić information content (AvgIpc) is 3.26. The lowest BCUT2D eigenvalue weighted by Gasteiger charge is -2.38. The van der Waals surface area contributed by atoms with Gasteiger partial charge in [-0.1, -0.05) is 18.2 Å². The van der Waals surface area contributed by atoms with Crippen LogP contribution in [0.4, 0.5) is 10.5 Å². The smallest absolute Gasteiger partial charge is 0.317 e.